The molecule has 3 rings (SSSR count). The van der Waals surface area contributed by atoms with Gasteiger partial charge in [-0.2, -0.15) is 0 Å². The van der Waals surface area contributed by atoms with Crippen molar-refractivity contribution in [1.29, 1.82) is 0 Å². The van der Waals surface area contributed by atoms with Gasteiger partial charge < -0.3 is 15.6 Å². The standard InChI is InChI=1S/C18H26N4O/c1-3-22(4-2)13-10-8-12(9-11-13)18-20-15-7-5-6-14(17(19)23)16(15)21-18/h5-7,12-13H,3-4,8-11H2,1-2H3,(H2,19,23)(H,20,21). The third-order valence-electron chi connectivity index (χ3n) is 5.21. The molecule has 1 fully saturated rings. The maximum absolute atomic E-state index is 11.6. The van der Waals surface area contributed by atoms with Crippen LogP contribution in [0.2, 0.25) is 0 Å². The number of nitrogens with one attached hydrogen (secondary N) is 1. The number of aromatic amines is 1. The van der Waals surface area contributed by atoms with Crippen molar-refractivity contribution in [2.24, 2.45) is 5.73 Å². The molecule has 0 atom stereocenters. The zero-order valence-corrected chi connectivity index (χ0v) is 14.0. The summed E-state index contributed by atoms with van der Waals surface area (Å²) in [6.07, 6.45) is 4.72. The SMILES string of the molecule is CCN(CC)C1CCC(c2nc3cccc(C(N)=O)c3[nH]2)CC1. The van der Waals surface area contributed by atoms with Crippen molar-refractivity contribution in [3.05, 3.63) is 29.6 Å². The largest absolute Gasteiger partial charge is 0.366 e. The summed E-state index contributed by atoms with van der Waals surface area (Å²) in [5.41, 5.74) is 7.60. The first kappa shape index (κ1) is 16.0. The quantitative estimate of drug-likeness (QED) is 0.890. The molecule has 1 aliphatic rings. The molecule has 1 aliphatic carbocycles. The molecule has 0 aliphatic heterocycles. The Bertz CT molecular complexity index is 681. The Balaban J connectivity index is 1.77. The Kier molecular flexibility index (Phi) is 4.66. The first-order valence-corrected chi connectivity index (χ1v) is 8.66. The predicted octanol–water partition coefficient (Wildman–Crippen LogP) is 3.03. The van der Waals surface area contributed by atoms with E-state index < -0.39 is 5.91 Å². The summed E-state index contributed by atoms with van der Waals surface area (Å²) in [7, 11) is 0. The average Bonchev–Trinajstić information content (AvgIpc) is 3.00. The second-order valence-corrected chi connectivity index (χ2v) is 6.41. The topological polar surface area (TPSA) is 75.0 Å². The van der Waals surface area contributed by atoms with E-state index >= 15 is 0 Å². The number of rotatable bonds is 5. The monoisotopic (exact) mass is 314 g/mol. The molecular weight excluding hydrogens is 288 g/mol. The Morgan fingerprint density at radius 2 is 1.96 bits per heavy atom. The summed E-state index contributed by atoms with van der Waals surface area (Å²) in [6.45, 7) is 6.72. The van der Waals surface area contributed by atoms with Gasteiger partial charge in [0.1, 0.15) is 5.82 Å². The van der Waals surface area contributed by atoms with Crippen LogP contribution in [0.5, 0.6) is 0 Å². The fourth-order valence-electron chi connectivity index (χ4n) is 3.90. The minimum absolute atomic E-state index is 0.406. The number of amides is 1. The van der Waals surface area contributed by atoms with Gasteiger partial charge in [-0.25, -0.2) is 4.98 Å². The summed E-state index contributed by atoms with van der Waals surface area (Å²) in [5, 5.41) is 0. The second-order valence-electron chi connectivity index (χ2n) is 6.41. The van der Waals surface area contributed by atoms with Crippen LogP contribution < -0.4 is 5.73 Å². The van der Waals surface area contributed by atoms with E-state index in [1.54, 1.807) is 6.07 Å². The van der Waals surface area contributed by atoms with Crippen molar-refractivity contribution in [2.45, 2.75) is 51.5 Å². The van der Waals surface area contributed by atoms with E-state index in [4.69, 9.17) is 10.7 Å². The maximum atomic E-state index is 11.6. The number of primary amides is 1. The first-order chi connectivity index (χ1) is 11.1. The van der Waals surface area contributed by atoms with E-state index in [1.165, 1.54) is 12.8 Å². The number of imidazole rings is 1. The average molecular weight is 314 g/mol. The van der Waals surface area contributed by atoms with Crippen molar-refractivity contribution < 1.29 is 4.79 Å². The van der Waals surface area contributed by atoms with Gasteiger partial charge in [0.05, 0.1) is 16.6 Å². The van der Waals surface area contributed by atoms with Crippen molar-refractivity contribution in [3.63, 3.8) is 0 Å². The number of para-hydroxylation sites is 1. The first-order valence-electron chi connectivity index (χ1n) is 8.66. The molecule has 0 unspecified atom stereocenters. The highest BCUT2D eigenvalue weighted by molar-refractivity contribution is 6.04. The maximum Gasteiger partial charge on any atom is 0.250 e. The van der Waals surface area contributed by atoms with Gasteiger partial charge >= 0.3 is 0 Å². The van der Waals surface area contributed by atoms with E-state index in [9.17, 15) is 4.79 Å². The summed E-state index contributed by atoms with van der Waals surface area (Å²) in [6, 6.07) is 6.23. The van der Waals surface area contributed by atoms with Crippen LogP contribution in [0.25, 0.3) is 11.0 Å². The zero-order valence-electron chi connectivity index (χ0n) is 14.0. The normalized spacial score (nSPS) is 21.9. The second kappa shape index (κ2) is 6.71. The molecule has 5 heteroatoms. The number of carbonyl (C=O) groups excluding carboxylic acids is 1. The highest BCUT2D eigenvalue weighted by atomic mass is 16.1. The van der Waals surface area contributed by atoms with Crippen molar-refractivity contribution in [1.82, 2.24) is 14.9 Å². The van der Waals surface area contributed by atoms with Crippen LogP contribution in [0, 0.1) is 0 Å². The van der Waals surface area contributed by atoms with Crippen molar-refractivity contribution >= 4 is 16.9 Å². The molecule has 0 bridgehead atoms. The van der Waals surface area contributed by atoms with Crippen molar-refractivity contribution in [2.75, 3.05) is 13.1 Å². The number of carbonyl (C=O) groups is 1. The van der Waals surface area contributed by atoms with E-state index in [-0.39, 0.29) is 0 Å². The van der Waals surface area contributed by atoms with Gasteiger partial charge in [-0.05, 0) is 50.9 Å². The van der Waals surface area contributed by atoms with Gasteiger partial charge in [0.2, 0.25) is 0 Å². The molecule has 23 heavy (non-hydrogen) atoms. The molecule has 0 radical (unpaired) electrons. The number of benzene rings is 1. The van der Waals surface area contributed by atoms with Crippen LogP contribution >= 0.6 is 0 Å². The highest BCUT2D eigenvalue weighted by Gasteiger charge is 2.27. The number of nitrogens with two attached hydrogens (primary N) is 1. The summed E-state index contributed by atoms with van der Waals surface area (Å²) in [5.74, 6) is 1.05. The summed E-state index contributed by atoms with van der Waals surface area (Å²) >= 11 is 0. The van der Waals surface area contributed by atoms with E-state index in [0.29, 0.717) is 17.5 Å². The number of hydrogen-bond acceptors (Lipinski definition) is 3. The van der Waals surface area contributed by atoms with Gasteiger partial charge in [0, 0.05) is 12.0 Å². The molecule has 5 nitrogen and oxygen atoms in total. The number of aromatic nitrogens is 2. The molecule has 1 aromatic carbocycles. The zero-order chi connectivity index (χ0) is 16.4. The van der Waals surface area contributed by atoms with Crippen molar-refractivity contribution in [3.8, 4) is 0 Å². The number of fused-ring (bicyclic) bond motifs is 1. The Labute approximate surface area is 137 Å². The lowest BCUT2D eigenvalue weighted by atomic mass is 9.85. The van der Waals surface area contributed by atoms with Crippen LogP contribution in [0.1, 0.15) is 61.6 Å². The lowest BCUT2D eigenvalue weighted by Gasteiger charge is -2.35. The number of hydrogen-bond donors (Lipinski definition) is 2. The third kappa shape index (κ3) is 3.11. The minimum Gasteiger partial charge on any atom is -0.366 e. The molecule has 0 spiro atoms. The summed E-state index contributed by atoms with van der Waals surface area (Å²) in [4.78, 5) is 22.2. The Morgan fingerprint density at radius 1 is 1.26 bits per heavy atom. The van der Waals surface area contributed by atoms with Crippen LogP contribution in [0.4, 0.5) is 0 Å². The molecule has 1 aromatic heterocycles. The molecular formula is C18H26N4O. The van der Waals surface area contributed by atoms with Crippen LogP contribution in [0.15, 0.2) is 18.2 Å². The lowest BCUT2D eigenvalue weighted by Crippen LogP contribution is -2.37. The summed E-state index contributed by atoms with van der Waals surface area (Å²) < 4.78 is 0. The molecule has 124 valence electrons. The van der Waals surface area contributed by atoms with Gasteiger partial charge in [-0.3, -0.25) is 4.79 Å². The fraction of sp³-hybridized carbons (Fsp3) is 0.556. The van der Waals surface area contributed by atoms with Crippen LogP contribution in [0.3, 0.4) is 0 Å². The van der Waals surface area contributed by atoms with Crippen LogP contribution in [-0.2, 0) is 0 Å². The highest BCUT2D eigenvalue weighted by Crippen LogP contribution is 2.34. The molecule has 1 saturated carbocycles. The van der Waals surface area contributed by atoms with Crippen LogP contribution in [-0.4, -0.2) is 39.9 Å². The molecule has 2 aromatic rings. The molecule has 1 heterocycles. The Hall–Kier alpha value is -1.88. The van der Waals surface area contributed by atoms with Gasteiger partial charge in [0.15, 0.2) is 0 Å². The van der Waals surface area contributed by atoms with E-state index in [2.05, 4.69) is 23.7 Å². The van der Waals surface area contributed by atoms with Gasteiger partial charge in [-0.15, -0.1) is 0 Å². The van der Waals surface area contributed by atoms with E-state index in [0.717, 1.165) is 42.8 Å². The van der Waals surface area contributed by atoms with Gasteiger partial charge in [0.25, 0.3) is 5.91 Å². The molecule has 0 saturated heterocycles. The minimum atomic E-state index is -0.406. The fourth-order valence-corrected chi connectivity index (χ4v) is 3.90. The lowest BCUT2D eigenvalue weighted by molar-refractivity contribution is 0.100. The van der Waals surface area contributed by atoms with Gasteiger partial charge in [-0.1, -0.05) is 19.9 Å². The molecule has 1 amide bonds. The number of nitrogens with zero attached hydrogens (tertiary/aromatic N) is 2. The number of H-pyrrole nitrogens is 1. The predicted molar refractivity (Wildman–Crippen MR) is 92.5 cm³/mol. The molecule has 3 N–H and O–H groups in total. The Morgan fingerprint density at radius 3 is 2.57 bits per heavy atom. The smallest absolute Gasteiger partial charge is 0.250 e. The van der Waals surface area contributed by atoms with E-state index in [1.807, 2.05) is 12.1 Å². The third-order valence-corrected chi connectivity index (χ3v) is 5.21.